The summed E-state index contributed by atoms with van der Waals surface area (Å²) in [6.07, 6.45) is 3.03. The molecule has 0 spiro atoms. The standard InChI is InChI=1S/C11H16N2OS/c1-2-3-10(12)11(14)13-6-4-9-5-7-15-8-9/h2,5,7-8,10H,1,3-4,6,12H2,(H,13,14). The monoisotopic (exact) mass is 224 g/mol. The third-order valence-electron chi connectivity index (χ3n) is 2.05. The highest BCUT2D eigenvalue weighted by molar-refractivity contribution is 7.07. The first-order chi connectivity index (χ1) is 7.24. The van der Waals surface area contributed by atoms with Gasteiger partial charge in [-0.05, 0) is 35.2 Å². The fourth-order valence-electron chi connectivity index (χ4n) is 1.18. The molecule has 1 unspecified atom stereocenters. The first-order valence-electron chi connectivity index (χ1n) is 4.89. The van der Waals surface area contributed by atoms with Gasteiger partial charge in [0.2, 0.25) is 5.91 Å². The molecule has 0 saturated heterocycles. The predicted molar refractivity (Wildman–Crippen MR) is 63.8 cm³/mol. The summed E-state index contributed by atoms with van der Waals surface area (Å²) in [7, 11) is 0. The number of hydrogen-bond donors (Lipinski definition) is 2. The Bertz CT molecular complexity index is 308. The number of thiophene rings is 1. The fourth-order valence-corrected chi connectivity index (χ4v) is 1.89. The average Bonchev–Trinajstić information content (AvgIpc) is 2.71. The summed E-state index contributed by atoms with van der Waals surface area (Å²) in [5.74, 6) is -0.106. The summed E-state index contributed by atoms with van der Waals surface area (Å²) in [6.45, 7) is 4.18. The van der Waals surface area contributed by atoms with Gasteiger partial charge < -0.3 is 11.1 Å². The van der Waals surface area contributed by atoms with Crippen LogP contribution in [0.3, 0.4) is 0 Å². The summed E-state index contributed by atoms with van der Waals surface area (Å²) in [6, 6.07) is 1.59. The van der Waals surface area contributed by atoms with E-state index in [1.54, 1.807) is 17.4 Å². The molecular formula is C11H16N2OS. The lowest BCUT2D eigenvalue weighted by atomic mass is 10.2. The molecule has 1 rings (SSSR count). The molecule has 1 atom stereocenters. The summed E-state index contributed by atoms with van der Waals surface area (Å²) in [5, 5.41) is 6.91. The zero-order chi connectivity index (χ0) is 11.1. The lowest BCUT2D eigenvalue weighted by Gasteiger charge is -2.09. The van der Waals surface area contributed by atoms with E-state index >= 15 is 0 Å². The number of nitrogens with two attached hydrogens (primary N) is 1. The van der Waals surface area contributed by atoms with Crippen LogP contribution < -0.4 is 11.1 Å². The van der Waals surface area contributed by atoms with Gasteiger partial charge in [0.05, 0.1) is 6.04 Å². The maximum atomic E-state index is 11.4. The minimum absolute atomic E-state index is 0.106. The van der Waals surface area contributed by atoms with E-state index in [1.165, 1.54) is 5.56 Å². The molecule has 0 fully saturated rings. The normalized spacial score (nSPS) is 12.1. The molecule has 1 aromatic rings. The van der Waals surface area contributed by atoms with Crippen molar-refractivity contribution in [3.63, 3.8) is 0 Å². The molecule has 4 heteroatoms. The highest BCUT2D eigenvalue weighted by atomic mass is 32.1. The Labute approximate surface area is 94.0 Å². The average molecular weight is 224 g/mol. The van der Waals surface area contributed by atoms with Crippen molar-refractivity contribution < 1.29 is 4.79 Å². The van der Waals surface area contributed by atoms with Crippen LogP contribution in [-0.4, -0.2) is 18.5 Å². The van der Waals surface area contributed by atoms with Gasteiger partial charge in [-0.3, -0.25) is 4.79 Å². The molecule has 1 aromatic heterocycles. The predicted octanol–water partition coefficient (Wildman–Crippen LogP) is 1.31. The van der Waals surface area contributed by atoms with Crippen molar-refractivity contribution in [2.75, 3.05) is 6.54 Å². The largest absolute Gasteiger partial charge is 0.354 e. The van der Waals surface area contributed by atoms with Crippen LogP contribution in [0.5, 0.6) is 0 Å². The molecule has 3 nitrogen and oxygen atoms in total. The van der Waals surface area contributed by atoms with Crippen molar-refractivity contribution >= 4 is 17.2 Å². The van der Waals surface area contributed by atoms with Gasteiger partial charge in [0.25, 0.3) is 0 Å². The zero-order valence-corrected chi connectivity index (χ0v) is 9.43. The number of amides is 1. The smallest absolute Gasteiger partial charge is 0.237 e. The molecule has 3 N–H and O–H groups in total. The Morgan fingerprint density at radius 3 is 3.13 bits per heavy atom. The Hall–Kier alpha value is -1.13. The van der Waals surface area contributed by atoms with E-state index in [0.29, 0.717) is 13.0 Å². The van der Waals surface area contributed by atoms with E-state index in [4.69, 9.17) is 5.73 Å². The molecular weight excluding hydrogens is 208 g/mol. The van der Waals surface area contributed by atoms with Gasteiger partial charge in [0.15, 0.2) is 0 Å². The van der Waals surface area contributed by atoms with Gasteiger partial charge in [0, 0.05) is 6.54 Å². The SMILES string of the molecule is C=CCC(N)C(=O)NCCc1ccsc1. The summed E-state index contributed by atoms with van der Waals surface area (Å²) < 4.78 is 0. The minimum atomic E-state index is -0.468. The Kier molecular flexibility index (Phi) is 5.07. The maximum Gasteiger partial charge on any atom is 0.237 e. The highest BCUT2D eigenvalue weighted by Gasteiger charge is 2.10. The molecule has 0 aliphatic rings. The van der Waals surface area contributed by atoms with E-state index in [1.807, 2.05) is 5.38 Å². The number of hydrogen-bond acceptors (Lipinski definition) is 3. The van der Waals surface area contributed by atoms with E-state index in [9.17, 15) is 4.79 Å². The van der Waals surface area contributed by atoms with Crippen molar-refractivity contribution in [1.29, 1.82) is 0 Å². The molecule has 1 amide bonds. The summed E-state index contributed by atoms with van der Waals surface area (Å²) >= 11 is 1.66. The number of nitrogens with one attached hydrogen (secondary N) is 1. The van der Waals surface area contributed by atoms with Gasteiger partial charge in [0.1, 0.15) is 0 Å². The quantitative estimate of drug-likeness (QED) is 0.716. The summed E-state index contributed by atoms with van der Waals surface area (Å²) in [5.41, 5.74) is 6.85. The van der Waals surface area contributed by atoms with E-state index in [2.05, 4.69) is 23.3 Å². The molecule has 0 aliphatic carbocycles. The third-order valence-corrected chi connectivity index (χ3v) is 2.78. The van der Waals surface area contributed by atoms with Crippen LogP contribution in [0.1, 0.15) is 12.0 Å². The van der Waals surface area contributed by atoms with Crippen molar-refractivity contribution in [3.05, 3.63) is 35.0 Å². The van der Waals surface area contributed by atoms with Gasteiger partial charge in [-0.15, -0.1) is 6.58 Å². The Morgan fingerprint density at radius 1 is 1.73 bits per heavy atom. The maximum absolute atomic E-state index is 11.4. The Balaban J connectivity index is 2.19. The molecule has 0 radical (unpaired) electrons. The molecule has 0 bridgehead atoms. The van der Waals surface area contributed by atoms with Crippen molar-refractivity contribution in [3.8, 4) is 0 Å². The molecule has 82 valence electrons. The van der Waals surface area contributed by atoms with E-state index in [0.717, 1.165) is 6.42 Å². The fraction of sp³-hybridized carbons (Fsp3) is 0.364. The van der Waals surface area contributed by atoms with E-state index < -0.39 is 6.04 Å². The lowest BCUT2D eigenvalue weighted by molar-refractivity contribution is -0.122. The zero-order valence-electron chi connectivity index (χ0n) is 8.61. The van der Waals surface area contributed by atoms with E-state index in [-0.39, 0.29) is 5.91 Å². The molecule has 0 aliphatic heterocycles. The third kappa shape index (κ3) is 4.27. The molecule has 0 aromatic carbocycles. The number of rotatable bonds is 6. The molecule has 0 saturated carbocycles. The molecule has 15 heavy (non-hydrogen) atoms. The van der Waals surface area contributed by atoms with Crippen LogP contribution >= 0.6 is 11.3 Å². The topological polar surface area (TPSA) is 55.1 Å². The van der Waals surface area contributed by atoms with Gasteiger partial charge in [-0.2, -0.15) is 11.3 Å². The first-order valence-corrected chi connectivity index (χ1v) is 5.83. The van der Waals surface area contributed by atoms with Gasteiger partial charge >= 0.3 is 0 Å². The second kappa shape index (κ2) is 6.37. The highest BCUT2D eigenvalue weighted by Crippen LogP contribution is 2.05. The van der Waals surface area contributed by atoms with Crippen LogP contribution in [0.2, 0.25) is 0 Å². The first kappa shape index (κ1) is 11.9. The Morgan fingerprint density at radius 2 is 2.53 bits per heavy atom. The van der Waals surface area contributed by atoms with Crippen molar-refractivity contribution in [2.24, 2.45) is 5.73 Å². The second-order valence-corrected chi connectivity index (χ2v) is 4.08. The van der Waals surface area contributed by atoms with Crippen LogP contribution in [0.15, 0.2) is 29.5 Å². The van der Waals surface area contributed by atoms with Crippen LogP contribution in [0, 0.1) is 0 Å². The van der Waals surface area contributed by atoms with Crippen molar-refractivity contribution in [1.82, 2.24) is 5.32 Å². The summed E-state index contributed by atoms with van der Waals surface area (Å²) in [4.78, 5) is 11.4. The number of carbonyl (C=O) groups is 1. The van der Waals surface area contributed by atoms with Crippen LogP contribution in [0.4, 0.5) is 0 Å². The van der Waals surface area contributed by atoms with Crippen LogP contribution in [0.25, 0.3) is 0 Å². The number of carbonyl (C=O) groups excluding carboxylic acids is 1. The molecule has 1 heterocycles. The second-order valence-electron chi connectivity index (χ2n) is 3.30. The van der Waals surface area contributed by atoms with Crippen molar-refractivity contribution in [2.45, 2.75) is 18.9 Å². The van der Waals surface area contributed by atoms with Gasteiger partial charge in [-0.1, -0.05) is 6.08 Å². The minimum Gasteiger partial charge on any atom is -0.354 e. The van der Waals surface area contributed by atoms with Gasteiger partial charge in [-0.25, -0.2) is 0 Å². The van der Waals surface area contributed by atoms with Crippen LogP contribution in [-0.2, 0) is 11.2 Å². The lowest BCUT2D eigenvalue weighted by Crippen LogP contribution is -2.40.